The van der Waals surface area contributed by atoms with Crippen LogP contribution in [-0.4, -0.2) is 55.1 Å². The summed E-state index contributed by atoms with van der Waals surface area (Å²) in [4.78, 5) is 5.20. The van der Waals surface area contributed by atoms with Crippen molar-refractivity contribution in [2.24, 2.45) is 11.7 Å². The van der Waals surface area contributed by atoms with Gasteiger partial charge in [0.1, 0.15) is 0 Å². The Bertz CT molecular complexity index is 222. The van der Waals surface area contributed by atoms with E-state index in [1.807, 2.05) is 13.8 Å². The van der Waals surface area contributed by atoms with E-state index in [9.17, 15) is 0 Å². The van der Waals surface area contributed by atoms with Crippen molar-refractivity contribution in [3.63, 3.8) is 0 Å². The standard InChI is InChI=1S/C13H27N3.C2H6/c1-12(3-7-14)11-16-10-6-13(16)4-8-15(2)9-5-13;1-2/h12H,3-11,14H2,1-2H3;1-2H3. The van der Waals surface area contributed by atoms with Gasteiger partial charge in [-0.15, -0.1) is 0 Å². The molecule has 108 valence electrons. The number of likely N-dealkylation sites (tertiary alicyclic amines) is 2. The van der Waals surface area contributed by atoms with Crippen molar-refractivity contribution in [3.8, 4) is 0 Å². The lowest BCUT2D eigenvalue weighted by atomic mass is 9.76. The minimum atomic E-state index is 0.579. The van der Waals surface area contributed by atoms with Gasteiger partial charge in [0.2, 0.25) is 0 Å². The Morgan fingerprint density at radius 2 is 1.67 bits per heavy atom. The molecule has 2 aliphatic rings. The third-order valence-electron chi connectivity index (χ3n) is 4.63. The molecular weight excluding hydrogens is 222 g/mol. The first-order valence-corrected chi connectivity index (χ1v) is 7.80. The molecule has 0 aromatic heterocycles. The normalized spacial score (nSPS) is 25.2. The highest BCUT2D eigenvalue weighted by Crippen LogP contribution is 2.40. The molecule has 0 saturated carbocycles. The molecule has 0 aromatic rings. The lowest BCUT2D eigenvalue weighted by Gasteiger charge is -2.57. The quantitative estimate of drug-likeness (QED) is 0.835. The smallest absolute Gasteiger partial charge is 0.0246 e. The Hall–Kier alpha value is -0.120. The van der Waals surface area contributed by atoms with Crippen LogP contribution in [0.2, 0.25) is 0 Å². The Morgan fingerprint density at radius 1 is 1.11 bits per heavy atom. The van der Waals surface area contributed by atoms with Crippen molar-refractivity contribution in [1.82, 2.24) is 9.80 Å². The van der Waals surface area contributed by atoms with E-state index in [0.717, 1.165) is 12.5 Å². The molecule has 0 radical (unpaired) electrons. The number of piperidine rings is 1. The van der Waals surface area contributed by atoms with Crippen LogP contribution in [0.25, 0.3) is 0 Å². The zero-order valence-electron chi connectivity index (χ0n) is 12.9. The van der Waals surface area contributed by atoms with Crippen molar-refractivity contribution in [2.75, 3.05) is 39.8 Å². The van der Waals surface area contributed by atoms with Crippen LogP contribution in [0.1, 0.15) is 46.5 Å². The van der Waals surface area contributed by atoms with Gasteiger partial charge < -0.3 is 10.6 Å². The molecule has 3 nitrogen and oxygen atoms in total. The average molecular weight is 255 g/mol. The highest BCUT2D eigenvalue weighted by atomic mass is 15.3. The van der Waals surface area contributed by atoms with E-state index in [0.29, 0.717) is 5.54 Å². The van der Waals surface area contributed by atoms with Crippen molar-refractivity contribution in [3.05, 3.63) is 0 Å². The van der Waals surface area contributed by atoms with Gasteiger partial charge in [-0.1, -0.05) is 20.8 Å². The molecule has 1 spiro atoms. The van der Waals surface area contributed by atoms with Gasteiger partial charge in [-0.2, -0.15) is 0 Å². The molecule has 2 aliphatic heterocycles. The van der Waals surface area contributed by atoms with E-state index >= 15 is 0 Å². The molecular formula is C15H33N3. The van der Waals surface area contributed by atoms with E-state index in [1.165, 1.54) is 51.9 Å². The van der Waals surface area contributed by atoms with E-state index in [1.54, 1.807) is 0 Å². The largest absolute Gasteiger partial charge is 0.330 e. The average Bonchev–Trinajstić information content (AvgIpc) is 2.38. The lowest BCUT2D eigenvalue weighted by Crippen LogP contribution is -2.64. The fourth-order valence-electron chi connectivity index (χ4n) is 3.22. The summed E-state index contributed by atoms with van der Waals surface area (Å²) < 4.78 is 0. The topological polar surface area (TPSA) is 32.5 Å². The van der Waals surface area contributed by atoms with Crippen LogP contribution >= 0.6 is 0 Å². The van der Waals surface area contributed by atoms with E-state index < -0.39 is 0 Å². The van der Waals surface area contributed by atoms with Crippen LogP contribution < -0.4 is 5.73 Å². The lowest BCUT2D eigenvalue weighted by molar-refractivity contribution is -0.0627. The van der Waals surface area contributed by atoms with Crippen LogP contribution in [0, 0.1) is 5.92 Å². The number of hydrogen-bond donors (Lipinski definition) is 1. The number of nitrogens with zero attached hydrogens (tertiary/aromatic N) is 2. The molecule has 1 unspecified atom stereocenters. The van der Waals surface area contributed by atoms with Gasteiger partial charge in [-0.05, 0) is 58.3 Å². The highest BCUT2D eigenvalue weighted by molar-refractivity contribution is 5.02. The maximum Gasteiger partial charge on any atom is 0.0246 e. The van der Waals surface area contributed by atoms with Crippen molar-refractivity contribution in [1.29, 1.82) is 0 Å². The Labute approximate surface area is 114 Å². The second-order valence-electron chi connectivity index (χ2n) is 5.91. The minimum Gasteiger partial charge on any atom is -0.330 e. The highest BCUT2D eigenvalue weighted by Gasteiger charge is 2.45. The summed E-state index contributed by atoms with van der Waals surface area (Å²) in [6.07, 6.45) is 5.35. The predicted molar refractivity (Wildman–Crippen MR) is 79.8 cm³/mol. The molecule has 0 amide bonds. The van der Waals surface area contributed by atoms with Crippen molar-refractivity contribution < 1.29 is 0 Å². The van der Waals surface area contributed by atoms with E-state index in [2.05, 4.69) is 23.8 Å². The van der Waals surface area contributed by atoms with E-state index in [-0.39, 0.29) is 0 Å². The SMILES string of the molecule is CC.CC(CCN)CN1CCC12CCN(C)CC2. The van der Waals surface area contributed by atoms with Gasteiger partial charge in [0.25, 0.3) is 0 Å². The maximum absolute atomic E-state index is 5.63. The summed E-state index contributed by atoms with van der Waals surface area (Å²) >= 11 is 0. The molecule has 0 aliphatic carbocycles. The van der Waals surface area contributed by atoms with Crippen LogP contribution in [0.15, 0.2) is 0 Å². The van der Waals surface area contributed by atoms with Gasteiger partial charge in [0.05, 0.1) is 0 Å². The molecule has 2 saturated heterocycles. The predicted octanol–water partition coefficient (Wildman–Crippen LogP) is 2.17. The van der Waals surface area contributed by atoms with Crippen LogP contribution in [0.5, 0.6) is 0 Å². The molecule has 0 bridgehead atoms. The summed E-state index contributed by atoms with van der Waals surface area (Å²) in [7, 11) is 2.24. The van der Waals surface area contributed by atoms with Crippen LogP contribution in [0.3, 0.4) is 0 Å². The zero-order valence-corrected chi connectivity index (χ0v) is 12.9. The van der Waals surface area contributed by atoms with Gasteiger partial charge >= 0.3 is 0 Å². The Morgan fingerprint density at radius 3 is 2.11 bits per heavy atom. The summed E-state index contributed by atoms with van der Waals surface area (Å²) in [5.74, 6) is 0.766. The molecule has 3 heteroatoms. The van der Waals surface area contributed by atoms with Gasteiger partial charge in [0, 0.05) is 18.6 Å². The van der Waals surface area contributed by atoms with Crippen molar-refractivity contribution in [2.45, 2.75) is 52.0 Å². The Balaban J connectivity index is 0.000000771. The second kappa shape index (κ2) is 7.46. The molecule has 0 aromatic carbocycles. The molecule has 18 heavy (non-hydrogen) atoms. The summed E-state index contributed by atoms with van der Waals surface area (Å²) in [6, 6.07) is 0. The summed E-state index contributed by atoms with van der Waals surface area (Å²) in [5.41, 5.74) is 6.21. The van der Waals surface area contributed by atoms with Crippen molar-refractivity contribution >= 4 is 0 Å². The first-order valence-electron chi connectivity index (χ1n) is 7.80. The molecule has 2 heterocycles. The Kier molecular flexibility index (Phi) is 6.61. The zero-order chi connectivity index (χ0) is 13.6. The fourth-order valence-corrected chi connectivity index (χ4v) is 3.22. The van der Waals surface area contributed by atoms with Gasteiger partial charge in [-0.3, -0.25) is 4.90 Å². The second-order valence-corrected chi connectivity index (χ2v) is 5.91. The summed E-state index contributed by atoms with van der Waals surface area (Å²) in [6.45, 7) is 12.3. The minimum absolute atomic E-state index is 0.579. The van der Waals surface area contributed by atoms with Gasteiger partial charge in [-0.25, -0.2) is 0 Å². The number of rotatable bonds is 4. The number of hydrogen-bond acceptors (Lipinski definition) is 3. The first kappa shape index (κ1) is 15.9. The summed E-state index contributed by atoms with van der Waals surface area (Å²) in [5, 5.41) is 0. The molecule has 2 N–H and O–H groups in total. The third kappa shape index (κ3) is 3.69. The van der Waals surface area contributed by atoms with Gasteiger partial charge in [0.15, 0.2) is 0 Å². The van der Waals surface area contributed by atoms with Crippen LogP contribution in [0.4, 0.5) is 0 Å². The van der Waals surface area contributed by atoms with Crippen LogP contribution in [-0.2, 0) is 0 Å². The third-order valence-corrected chi connectivity index (χ3v) is 4.63. The number of nitrogens with two attached hydrogens (primary N) is 1. The molecule has 1 atom stereocenters. The fraction of sp³-hybridized carbons (Fsp3) is 1.00. The van der Waals surface area contributed by atoms with E-state index in [4.69, 9.17) is 5.73 Å². The first-order chi connectivity index (χ1) is 8.66. The maximum atomic E-state index is 5.63. The monoisotopic (exact) mass is 255 g/mol. The molecule has 2 rings (SSSR count). The molecule has 2 fully saturated rings.